The van der Waals surface area contributed by atoms with E-state index in [0.29, 0.717) is 6.54 Å². The summed E-state index contributed by atoms with van der Waals surface area (Å²) in [6.07, 6.45) is 1.43. The van der Waals surface area contributed by atoms with Crippen molar-refractivity contribution in [2.75, 3.05) is 26.7 Å². The van der Waals surface area contributed by atoms with Crippen LogP contribution in [-0.4, -0.2) is 74.2 Å². The number of phenols is 3. The molecule has 0 amide bonds. The van der Waals surface area contributed by atoms with Crippen LogP contribution in [0, 0.1) is 0 Å². The number of carboxylic acid groups (broad SMARTS) is 1. The number of rotatable bonds is 6. The zero-order valence-corrected chi connectivity index (χ0v) is 15.4. The van der Waals surface area contributed by atoms with Gasteiger partial charge < -0.3 is 25.3 Å². The van der Waals surface area contributed by atoms with Gasteiger partial charge in [0.05, 0.1) is 17.7 Å². The van der Waals surface area contributed by atoms with Gasteiger partial charge in [-0.25, -0.2) is 14.8 Å². The number of carboxylic acids is 1. The van der Waals surface area contributed by atoms with Crippen LogP contribution in [0.3, 0.4) is 0 Å². The summed E-state index contributed by atoms with van der Waals surface area (Å²) < 4.78 is 0. The predicted octanol–water partition coefficient (Wildman–Crippen LogP) is 1.97. The van der Waals surface area contributed by atoms with Crippen molar-refractivity contribution in [1.29, 1.82) is 0 Å². The lowest BCUT2D eigenvalue weighted by Gasteiger charge is -2.11. The molecule has 0 fully saturated rings. The molecule has 0 aliphatic rings. The monoisotopic (exact) mass is 384 g/mol. The number of nitrogens with zero attached hydrogens (tertiary/aromatic N) is 4. The minimum atomic E-state index is -1.24. The highest BCUT2D eigenvalue weighted by molar-refractivity contribution is 6.08. The van der Waals surface area contributed by atoms with Crippen LogP contribution < -0.4 is 0 Å². The summed E-state index contributed by atoms with van der Waals surface area (Å²) in [5.74, 6) is -2.10. The van der Waals surface area contributed by atoms with Crippen LogP contribution in [0.2, 0.25) is 0 Å². The maximum Gasteiger partial charge on any atom is 0.337 e. The number of benzene rings is 2. The van der Waals surface area contributed by atoms with Gasteiger partial charge in [0.1, 0.15) is 39.3 Å². The first kappa shape index (κ1) is 19.3. The van der Waals surface area contributed by atoms with Gasteiger partial charge >= 0.3 is 5.97 Å². The molecule has 0 aliphatic carbocycles. The fraction of sp³-hybridized carbons (Fsp3) is 0.263. The molecule has 0 spiro atoms. The number of aliphatic imine (C=N–C) groups is 1. The van der Waals surface area contributed by atoms with Gasteiger partial charge in [0.25, 0.3) is 0 Å². The number of hydrogen-bond donors (Lipinski definition) is 4. The number of aromatic hydroxyl groups is 3. The molecule has 0 saturated heterocycles. The molecule has 146 valence electrons. The van der Waals surface area contributed by atoms with E-state index >= 15 is 0 Å². The van der Waals surface area contributed by atoms with Crippen LogP contribution >= 0.6 is 0 Å². The maximum absolute atomic E-state index is 11.4. The Kier molecular flexibility index (Phi) is 5.27. The number of hydrogen-bond acceptors (Lipinski definition) is 8. The Hall–Kier alpha value is -3.46. The third-order valence-electron chi connectivity index (χ3n) is 4.45. The van der Waals surface area contributed by atoms with E-state index in [1.54, 1.807) is 0 Å². The van der Waals surface area contributed by atoms with Crippen molar-refractivity contribution in [2.45, 2.75) is 6.92 Å². The lowest BCUT2D eigenvalue weighted by molar-refractivity contribution is 0.0699. The Morgan fingerprint density at radius 3 is 2.43 bits per heavy atom. The van der Waals surface area contributed by atoms with Crippen molar-refractivity contribution >= 4 is 34.3 Å². The molecule has 28 heavy (non-hydrogen) atoms. The van der Waals surface area contributed by atoms with Gasteiger partial charge in [-0.1, -0.05) is 6.92 Å². The molecule has 3 aromatic rings. The van der Waals surface area contributed by atoms with E-state index in [0.717, 1.165) is 19.2 Å². The highest BCUT2D eigenvalue weighted by Gasteiger charge is 2.19. The van der Waals surface area contributed by atoms with E-state index in [4.69, 9.17) is 0 Å². The van der Waals surface area contributed by atoms with Crippen LogP contribution in [0.4, 0.5) is 0 Å². The van der Waals surface area contributed by atoms with E-state index in [-0.39, 0.29) is 50.4 Å². The van der Waals surface area contributed by atoms with E-state index in [1.165, 1.54) is 18.3 Å². The van der Waals surface area contributed by atoms with E-state index in [9.17, 15) is 25.2 Å². The maximum atomic E-state index is 11.4. The first-order valence-electron chi connectivity index (χ1n) is 8.63. The zero-order valence-electron chi connectivity index (χ0n) is 15.4. The SMILES string of the molecule is CCN(C)CC/N=C/c1c(O)cc(O)c2nc3c(C(=O)O)ccc(O)c3nc12. The second kappa shape index (κ2) is 7.65. The topological polar surface area (TPSA) is 139 Å². The van der Waals surface area contributed by atoms with Crippen LogP contribution in [-0.2, 0) is 0 Å². The van der Waals surface area contributed by atoms with Gasteiger partial charge in [-0.3, -0.25) is 4.99 Å². The summed E-state index contributed by atoms with van der Waals surface area (Å²) in [4.78, 5) is 26.3. The minimum Gasteiger partial charge on any atom is -0.507 e. The minimum absolute atomic E-state index is 0.00512. The van der Waals surface area contributed by atoms with Gasteiger partial charge in [0.2, 0.25) is 0 Å². The first-order valence-corrected chi connectivity index (χ1v) is 8.63. The van der Waals surface area contributed by atoms with Crippen LogP contribution in [0.15, 0.2) is 23.2 Å². The number of likely N-dealkylation sites (N-methyl/N-ethyl adjacent to an activating group) is 1. The lowest BCUT2D eigenvalue weighted by atomic mass is 10.1. The van der Waals surface area contributed by atoms with Crippen molar-refractivity contribution in [2.24, 2.45) is 4.99 Å². The van der Waals surface area contributed by atoms with Gasteiger partial charge in [-0.15, -0.1) is 0 Å². The predicted molar refractivity (Wildman–Crippen MR) is 105 cm³/mol. The zero-order chi connectivity index (χ0) is 20.4. The Morgan fingerprint density at radius 2 is 1.75 bits per heavy atom. The van der Waals surface area contributed by atoms with E-state index in [1.807, 2.05) is 14.0 Å². The number of aromatic carboxylic acids is 1. The van der Waals surface area contributed by atoms with E-state index < -0.39 is 5.97 Å². The fourth-order valence-corrected chi connectivity index (χ4v) is 2.73. The third-order valence-corrected chi connectivity index (χ3v) is 4.45. The summed E-state index contributed by atoms with van der Waals surface area (Å²) in [6, 6.07) is 3.53. The van der Waals surface area contributed by atoms with Crippen molar-refractivity contribution in [3.8, 4) is 17.2 Å². The second-order valence-corrected chi connectivity index (χ2v) is 6.32. The Labute approximate surface area is 160 Å². The van der Waals surface area contributed by atoms with Gasteiger partial charge in [0.15, 0.2) is 0 Å². The molecule has 0 atom stereocenters. The van der Waals surface area contributed by atoms with Crippen molar-refractivity contribution in [1.82, 2.24) is 14.9 Å². The highest BCUT2D eigenvalue weighted by atomic mass is 16.4. The van der Waals surface area contributed by atoms with Crippen LogP contribution in [0.25, 0.3) is 22.1 Å². The molecule has 0 unspecified atom stereocenters. The molecule has 1 heterocycles. The molecule has 9 heteroatoms. The summed E-state index contributed by atoms with van der Waals surface area (Å²) in [7, 11) is 1.96. The lowest BCUT2D eigenvalue weighted by Crippen LogP contribution is -2.20. The molecule has 3 rings (SSSR count). The molecule has 0 saturated carbocycles. The molecular weight excluding hydrogens is 364 g/mol. The Morgan fingerprint density at radius 1 is 1.07 bits per heavy atom. The molecule has 0 bridgehead atoms. The third kappa shape index (κ3) is 3.52. The number of phenolic OH excluding ortho intramolecular Hbond substituents is 3. The molecule has 2 aromatic carbocycles. The molecule has 4 N–H and O–H groups in total. The van der Waals surface area contributed by atoms with Gasteiger partial charge in [0, 0.05) is 18.8 Å². The fourth-order valence-electron chi connectivity index (χ4n) is 2.73. The summed E-state index contributed by atoms with van der Waals surface area (Å²) in [6.45, 7) is 4.12. The van der Waals surface area contributed by atoms with Gasteiger partial charge in [-0.05, 0) is 25.7 Å². The highest BCUT2D eigenvalue weighted by Crippen LogP contribution is 2.35. The smallest absolute Gasteiger partial charge is 0.337 e. The largest absolute Gasteiger partial charge is 0.507 e. The van der Waals surface area contributed by atoms with Crippen LogP contribution in [0.5, 0.6) is 17.2 Å². The van der Waals surface area contributed by atoms with E-state index in [2.05, 4.69) is 19.9 Å². The average molecular weight is 384 g/mol. The summed E-state index contributed by atoms with van der Waals surface area (Å²) in [5.41, 5.74) is 0.0705. The standard InChI is InChI=1S/C19H20N4O5/c1-3-23(2)7-6-20-9-11-13(25)8-14(26)18-16(11)22-17-12(24)5-4-10(19(27)28)15(17)21-18/h4-5,8-9,24-26H,3,6-7H2,1-2H3,(H,27,28)/b20-9+. The second-order valence-electron chi connectivity index (χ2n) is 6.32. The molecular formula is C19H20N4O5. The first-order chi connectivity index (χ1) is 13.3. The van der Waals surface area contributed by atoms with Crippen LogP contribution in [0.1, 0.15) is 22.8 Å². The van der Waals surface area contributed by atoms with Gasteiger partial charge in [-0.2, -0.15) is 0 Å². The molecule has 1 aromatic heterocycles. The average Bonchev–Trinajstić information content (AvgIpc) is 2.66. The number of carbonyl (C=O) groups is 1. The summed E-state index contributed by atoms with van der Waals surface area (Å²) >= 11 is 0. The summed E-state index contributed by atoms with van der Waals surface area (Å²) in [5, 5.41) is 39.9. The normalized spacial score (nSPS) is 11.8. The van der Waals surface area contributed by atoms with Crippen molar-refractivity contribution in [3.05, 3.63) is 29.3 Å². The molecule has 0 radical (unpaired) electrons. The Bertz CT molecular complexity index is 1100. The number of aromatic nitrogens is 2. The van der Waals surface area contributed by atoms with Crippen molar-refractivity contribution in [3.63, 3.8) is 0 Å². The Balaban J connectivity index is 2.20. The van der Waals surface area contributed by atoms with Crippen molar-refractivity contribution < 1.29 is 25.2 Å². The molecule has 0 aliphatic heterocycles. The molecule has 9 nitrogen and oxygen atoms in total. The number of fused-ring (bicyclic) bond motifs is 2. The quantitative estimate of drug-likeness (QED) is 0.374.